The van der Waals surface area contributed by atoms with Gasteiger partial charge in [0.2, 0.25) is 0 Å². The lowest BCUT2D eigenvalue weighted by molar-refractivity contribution is -0.0959. The fourth-order valence-electron chi connectivity index (χ4n) is 3.07. The van der Waals surface area contributed by atoms with Gasteiger partial charge in [-0.2, -0.15) is 11.8 Å². The SMILES string of the molecule is CNCc1cccc(OC2CCOC3(CCSC3)C2)c1. The van der Waals surface area contributed by atoms with Gasteiger partial charge in [-0.1, -0.05) is 12.1 Å². The fraction of sp³-hybridized carbons (Fsp3) is 0.625. The third-order valence-corrected chi connectivity index (χ3v) is 5.32. The van der Waals surface area contributed by atoms with E-state index in [1.807, 2.05) is 18.8 Å². The van der Waals surface area contributed by atoms with Gasteiger partial charge in [-0.05, 0) is 36.9 Å². The van der Waals surface area contributed by atoms with Gasteiger partial charge in [-0.3, -0.25) is 0 Å². The Morgan fingerprint density at radius 1 is 1.50 bits per heavy atom. The van der Waals surface area contributed by atoms with Crippen LogP contribution in [-0.2, 0) is 11.3 Å². The Balaban J connectivity index is 1.63. The molecule has 1 spiro atoms. The van der Waals surface area contributed by atoms with Crippen molar-refractivity contribution >= 4 is 11.8 Å². The molecule has 2 aliphatic rings. The van der Waals surface area contributed by atoms with Crippen molar-refractivity contribution in [1.82, 2.24) is 5.32 Å². The molecule has 2 unspecified atom stereocenters. The minimum absolute atomic E-state index is 0.0934. The summed E-state index contributed by atoms with van der Waals surface area (Å²) in [7, 11) is 1.97. The maximum absolute atomic E-state index is 6.21. The van der Waals surface area contributed by atoms with E-state index in [9.17, 15) is 0 Å². The number of thioether (sulfide) groups is 1. The summed E-state index contributed by atoms with van der Waals surface area (Å²) in [5, 5.41) is 3.18. The van der Waals surface area contributed by atoms with Gasteiger partial charge < -0.3 is 14.8 Å². The minimum atomic E-state index is 0.0934. The van der Waals surface area contributed by atoms with Crippen LogP contribution in [0.15, 0.2) is 24.3 Å². The van der Waals surface area contributed by atoms with Crippen LogP contribution in [0.4, 0.5) is 0 Å². The van der Waals surface area contributed by atoms with E-state index in [1.54, 1.807) is 0 Å². The Hall–Kier alpha value is -0.710. The Bertz CT molecular complexity index is 446. The Kier molecular flexibility index (Phi) is 4.54. The highest BCUT2D eigenvalue weighted by atomic mass is 32.2. The Morgan fingerprint density at radius 2 is 2.45 bits per heavy atom. The van der Waals surface area contributed by atoms with E-state index in [0.29, 0.717) is 6.10 Å². The predicted molar refractivity (Wildman–Crippen MR) is 83.5 cm³/mol. The second-order valence-corrected chi connectivity index (χ2v) is 6.85. The van der Waals surface area contributed by atoms with Gasteiger partial charge in [0.05, 0.1) is 12.2 Å². The molecule has 0 aliphatic carbocycles. The summed E-state index contributed by atoms with van der Waals surface area (Å²) in [5.74, 6) is 3.35. The van der Waals surface area contributed by atoms with Crippen LogP contribution in [0.5, 0.6) is 5.75 Å². The first-order chi connectivity index (χ1) is 9.80. The maximum Gasteiger partial charge on any atom is 0.120 e. The normalized spacial score (nSPS) is 29.8. The average Bonchev–Trinajstić information content (AvgIpc) is 2.87. The third kappa shape index (κ3) is 3.30. The number of hydrogen-bond donors (Lipinski definition) is 1. The molecule has 0 radical (unpaired) electrons. The van der Waals surface area contributed by atoms with Gasteiger partial charge in [0, 0.05) is 25.1 Å². The molecule has 2 atom stereocenters. The van der Waals surface area contributed by atoms with Gasteiger partial charge in [0.25, 0.3) is 0 Å². The number of rotatable bonds is 4. The average molecular weight is 293 g/mol. The zero-order valence-electron chi connectivity index (χ0n) is 12.1. The first kappa shape index (κ1) is 14.2. The fourth-order valence-corrected chi connectivity index (χ4v) is 4.45. The molecule has 2 fully saturated rings. The molecule has 0 amide bonds. The van der Waals surface area contributed by atoms with E-state index in [2.05, 4.69) is 29.6 Å². The molecule has 2 heterocycles. The topological polar surface area (TPSA) is 30.5 Å². The standard InChI is InChI=1S/C16H23NO2S/c1-17-11-13-3-2-4-14(9-13)19-15-5-7-18-16(10-15)6-8-20-12-16/h2-4,9,15,17H,5-8,10-12H2,1H3. The molecular weight excluding hydrogens is 270 g/mol. The van der Waals surface area contributed by atoms with Gasteiger partial charge in [0.15, 0.2) is 0 Å². The summed E-state index contributed by atoms with van der Waals surface area (Å²) in [6, 6.07) is 8.40. The van der Waals surface area contributed by atoms with Crippen LogP contribution in [0.25, 0.3) is 0 Å². The minimum Gasteiger partial charge on any atom is -0.490 e. The van der Waals surface area contributed by atoms with E-state index in [-0.39, 0.29) is 5.60 Å². The molecule has 1 aromatic rings. The molecule has 1 aromatic carbocycles. The van der Waals surface area contributed by atoms with Crippen LogP contribution in [0.3, 0.4) is 0 Å². The van der Waals surface area contributed by atoms with Crippen LogP contribution >= 0.6 is 11.8 Å². The highest BCUT2D eigenvalue weighted by Crippen LogP contribution is 2.39. The van der Waals surface area contributed by atoms with Gasteiger partial charge in [0.1, 0.15) is 11.9 Å². The van der Waals surface area contributed by atoms with E-state index < -0.39 is 0 Å². The molecule has 20 heavy (non-hydrogen) atoms. The number of benzene rings is 1. The lowest BCUT2D eigenvalue weighted by Gasteiger charge is -2.37. The van der Waals surface area contributed by atoms with E-state index >= 15 is 0 Å². The van der Waals surface area contributed by atoms with Crippen molar-refractivity contribution in [2.45, 2.75) is 37.5 Å². The number of hydrogen-bond acceptors (Lipinski definition) is 4. The first-order valence-electron chi connectivity index (χ1n) is 7.42. The molecule has 110 valence electrons. The summed E-state index contributed by atoms with van der Waals surface area (Å²) in [4.78, 5) is 0. The van der Waals surface area contributed by atoms with E-state index in [0.717, 1.165) is 37.5 Å². The smallest absolute Gasteiger partial charge is 0.120 e. The van der Waals surface area contributed by atoms with Crippen molar-refractivity contribution in [3.63, 3.8) is 0 Å². The predicted octanol–water partition coefficient (Wildman–Crippen LogP) is 2.84. The molecule has 0 saturated carbocycles. The molecule has 0 bridgehead atoms. The van der Waals surface area contributed by atoms with Gasteiger partial charge >= 0.3 is 0 Å². The van der Waals surface area contributed by atoms with Crippen molar-refractivity contribution in [3.8, 4) is 5.75 Å². The lowest BCUT2D eigenvalue weighted by Crippen LogP contribution is -2.43. The highest BCUT2D eigenvalue weighted by Gasteiger charge is 2.41. The molecule has 0 aromatic heterocycles. The molecular formula is C16H23NO2S. The molecule has 3 rings (SSSR count). The van der Waals surface area contributed by atoms with Crippen LogP contribution < -0.4 is 10.1 Å². The third-order valence-electron chi connectivity index (χ3n) is 4.10. The molecule has 4 heteroatoms. The van der Waals surface area contributed by atoms with Crippen LogP contribution in [-0.4, -0.2) is 36.9 Å². The summed E-state index contributed by atoms with van der Waals surface area (Å²) >= 11 is 2.01. The second kappa shape index (κ2) is 6.37. The monoisotopic (exact) mass is 293 g/mol. The summed E-state index contributed by atoms with van der Waals surface area (Å²) in [6.45, 7) is 1.72. The lowest BCUT2D eigenvalue weighted by atomic mass is 9.91. The zero-order valence-corrected chi connectivity index (χ0v) is 12.9. The summed E-state index contributed by atoms with van der Waals surface area (Å²) in [6.07, 6.45) is 3.52. The largest absolute Gasteiger partial charge is 0.490 e. The quantitative estimate of drug-likeness (QED) is 0.925. The van der Waals surface area contributed by atoms with Crippen LogP contribution in [0.1, 0.15) is 24.8 Å². The Morgan fingerprint density at radius 3 is 3.25 bits per heavy atom. The highest BCUT2D eigenvalue weighted by molar-refractivity contribution is 7.99. The second-order valence-electron chi connectivity index (χ2n) is 5.74. The molecule has 1 N–H and O–H groups in total. The van der Waals surface area contributed by atoms with E-state index in [1.165, 1.54) is 17.7 Å². The van der Waals surface area contributed by atoms with Gasteiger partial charge in [-0.15, -0.1) is 0 Å². The molecule has 3 nitrogen and oxygen atoms in total. The van der Waals surface area contributed by atoms with Gasteiger partial charge in [-0.25, -0.2) is 0 Å². The van der Waals surface area contributed by atoms with Crippen molar-refractivity contribution in [1.29, 1.82) is 0 Å². The Labute approximate surface area is 125 Å². The maximum atomic E-state index is 6.21. The van der Waals surface area contributed by atoms with Crippen LogP contribution in [0.2, 0.25) is 0 Å². The zero-order chi connectivity index (χ0) is 13.8. The summed E-state index contributed by atoms with van der Waals surface area (Å²) < 4.78 is 12.3. The first-order valence-corrected chi connectivity index (χ1v) is 8.57. The van der Waals surface area contributed by atoms with Crippen molar-refractivity contribution < 1.29 is 9.47 Å². The van der Waals surface area contributed by atoms with Crippen molar-refractivity contribution in [3.05, 3.63) is 29.8 Å². The number of nitrogens with one attached hydrogen (secondary N) is 1. The molecule has 2 aliphatic heterocycles. The molecule has 2 saturated heterocycles. The van der Waals surface area contributed by atoms with E-state index in [4.69, 9.17) is 9.47 Å². The van der Waals surface area contributed by atoms with Crippen molar-refractivity contribution in [2.24, 2.45) is 0 Å². The van der Waals surface area contributed by atoms with Crippen LogP contribution in [0, 0.1) is 0 Å². The summed E-state index contributed by atoms with van der Waals surface area (Å²) in [5.41, 5.74) is 1.36. The van der Waals surface area contributed by atoms with Crippen molar-refractivity contribution in [2.75, 3.05) is 25.2 Å². The number of ether oxygens (including phenoxy) is 2.